The van der Waals surface area contributed by atoms with E-state index < -0.39 is 17.5 Å². The van der Waals surface area contributed by atoms with Crippen molar-refractivity contribution in [2.45, 2.75) is 31.8 Å². The van der Waals surface area contributed by atoms with Crippen molar-refractivity contribution in [3.63, 3.8) is 0 Å². The van der Waals surface area contributed by atoms with Gasteiger partial charge in [-0.2, -0.15) is 5.10 Å². The molecule has 1 aliphatic rings. The van der Waals surface area contributed by atoms with Crippen molar-refractivity contribution in [1.82, 2.24) is 24.6 Å². The molecule has 3 heterocycles. The molecule has 5 rings (SSSR count). The summed E-state index contributed by atoms with van der Waals surface area (Å²) < 4.78 is 42.2. The van der Waals surface area contributed by atoms with Gasteiger partial charge in [-0.25, -0.2) is 18.7 Å². The molecular formula is C29H33F2N7O4. The highest BCUT2D eigenvalue weighted by Crippen LogP contribution is 2.39. The summed E-state index contributed by atoms with van der Waals surface area (Å²) in [5.74, 6) is -1.80. The number of nitrogens with zero attached hydrogens (tertiary/aromatic N) is 6. The van der Waals surface area contributed by atoms with Crippen molar-refractivity contribution in [3.05, 3.63) is 66.8 Å². The third kappa shape index (κ3) is 6.81. The fourth-order valence-electron chi connectivity index (χ4n) is 5.16. The minimum absolute atomic E-state index is 0.0917. The molecule has 1 aliphatic heterocycles. The number of halogens is 2. The molecule has 0 unspecified atom stereocenters. The zero-order valence-corrected chi connectivity index (χ0v) is 23.0. The van der Waals surface area contributed by atoms with Crippen LogP contribution >= 0.6 is 0 Å². The lowest BCUT2D eigenvalue weighted by Crippen LogP contribution is -2.41. The Morgan fingerprint density at radius 2 is 2.00 bits per heavy atom. The molecule has 1 saturated heterocycles. The van der Waals surface area contributed by atoms with E-state index >= 15 is 4.39 Å². The third-order valence-corrected chi connectivity index (χ3v) is 7.12. The number of aliphatic hydroxyl groups is 1. The van der Waals surface area contributed by atoms with Crippen molar-refractivity contribution < 1.29 is 28.2 Å². The van der Waals surface area contributed by atoms with Gasteiger partial charge in [0.1, 0.15) is 24.4 Å². The topological polar surface area (TPSA) is 132 Å². The van der Waals surface area contributed by atoms with E-state index in [1.165, 1.54) is 40.4 Å². The van der Waals surface area contributed by atoms with Gasteiger partial charge in [0.25, 0.3) is 0 Å². The normalized spacial score (nSPS) is 14.0. The smallest absolute Gasteiger partial charge is 0.239 e. The van der Waals surface area contributed by atoms with Crippen molar-refractivity contribution >= 4 is 34.0 Å². The summed E-state index contributed by atoms with van der Waals surface area (Å²) in [5, 5.41) is 14.2. The molecule has 3 N–H and O–H groups in total. The fourth-order valence-corrected chi connectivity index (χ4v) is 5.16. The van der Waals surface area contributed by atoms with Gasteiger partial charge in [0.05, 0.1) is 36.3 Å². The molecule has 2 aromatic heterocycles. The lowest BCUT2D eigenvalue weighted by molar-refractivity contribution is -0.118. The predicted molar refractivity (Wildman–Crippen MR) is 152 cm³/mol. The molecule has 4 aromatic rings. The fraction of sp³-hybridized carbons (Fsp3) is 0.379. The number of hydrogen-bond donors (Lipinski definition) is 2. The first-order valence-corrected chi connectivity index (χ1v) is 13.8. The maximum atomic E-state index is 15.1. The quantitative estimate of drug-likeness (QED) is 0.228. The SMILES string of the molecule is NC(=O)Cn1cc(N(c2cccc(F)c2F)c2ncnc3cc(OCCCN(CCO)C4CCOCC4)ccc23)cn1. The first kappa shape index (κ1) is 29.3. The van der Waals surface area contributed by atoms with Crippen LogP contribution in [0.5, 0.6) is 5.75 Å². The maximum Gasteiger partial charge on any atom is 0.239 e. The van der Waals surface area contributed by atoms with Gasteiger partial charge in [-0.15, -0.1) is 0 Å². The molecule has 0 spiro atoms. The number of carbonyl (C=O) groups is 1. The van der Waals surface area contributed by atoms with Crippen molar-refractivity contribution in [2.75, 3.05) is 44.4 Å². The summed E-state index contributed by atoms with van der Waals surface area (Å²) >= 11 is 0. The van der Waals surface area contributed by atoms with Crippen LogP contribution in [0.25, 0.3) is 10.9 Å². The number of rotatable bonds is 13. The largest absolute Gasteiger partial charge is 0.493 e. The summed E-state index contributed by atoms with van der Waals surface area (Å²) in [6.45, 7) is 3.28. The lowest BCUT2D eigenvalue weighted by atomic mass is 10.1. The van der Waals surface area contributed by atoms with Gasteiger partial charge in [0, 0.05) is 50.0 Å². The number of ether oxygens (including phenoxy) is 2. The summed E-state index contributed by atoms with van der Waals surface area (Å²) in [4.78, 5) is 23.9. The van der Waals surface area contributed by atoms with Gasteiger partial charge in [-0.1, -0.05) is 6.07 Å². The second-order valence-electron chi connectivity index (χ2n) is 9.95. The Bertz CT molecular complexity index is 1510. The number of anilines is 3. The molecule has 0 radical (unpaired) electrons. The van der Waals surface area contributed by atoms with Crippen LogP contribution in [0.3, 0.4) is 0 Å². The van der Waals surface area contributed by atoms with Crippen molar-refractivity contribution in [2.24, 2.45) is 5.73 Å². The van der Waals surface area contributed by atoms with E-state index in [4.69, 9.17) is 15.2 Å². The lowest BCUT2D eigenvalue weighted by Gasteiger charge is -2.33. The molecular weight excluding hydrogens is 548 g/mol. The number of primary amides is 1. The Hall–Kier alpha value is -4.20. The maximum absolute atomic E-state index is 15.1. The Balaban J connectivity index is 1.37. The van der Waals surface area contributed by atoms with Crippen LogP contribution in [0, 0.1) is 11.6 Å². The van der Waals surface area contributed by atoms with E-state index in [1.807, 2.05) is 0 Å². The van der Waals surface area contributed by atoms with Crippen LogP contribution in [0.15, 0.2) is 55.1 Å². The molecule has 11 nitrogen and oxygen atoms in total. The number of amides is 1. The Labute approximate surface area is 241 Å². The molecule has 13 heteroatoms. The van der Waals surface area contributed by atoms with E-state index in [0.29, 0.717) is 41.5 Å². The van der Waals surface area contributed by atoms with Crippen LogP contribution in [-0.4, -0.2) is 81.2 Å². The molecule has 42 heavy (non-hydrogen) atoms. The highest BCUT2D eigenvalue weighted by atomic mass is 19.2. The Kier molecular flexibility index (Phi) is 9.52. The Morgan fingerprint density at radius 1 is 1.17 bits per heavy atom. The van der Waals surface area contributed by atoms with Crippen molar-refractivity contribution in [3.8, 4) is 5.75 Å². The van der Waals surface area contributed by atoms with Gasteiger partial charge in [-0.05, 0) is 43.5 Å². The third-order valence-electron chi connectivity index (χ3n) is 7.12. The van der Waals surface area contributed by atoms with Gasteiger partial charge in [0.15, 0.2) is 11.6 Å². The molecule has 0 aliphatic carbocycles. The first-order valence-electron chi connectivity index (χ1n) is 13.8. The van der Waals surface area contributed by atoms with Crippen molar-refractivity contribution in [1.29, 1.82) is 0 Å². The minimum Gasteiger partial charge on any atom is -0.493 e. The summed E-state index contributed by atoms with van der Waals surface area (Å²) in [6.07, 6.45) is 6.93. The number of carbonyl (C=O) groups excluding carboxylic acids is 1. The van der Waals surface area contributed by atoms with Gasteiger partial charge >= 0.3 is 0 Å². The van der Waals surface area contributed by atoms with Gasteiger partial charge < -0.3 is 20.3 Å². The number of aromatic nitrogens is 4. The zero-order chi connectivity index (χ0) is 29.5. The van der Waals surface area contributed by atoms with Crippen LogP contribution in [-0.2, 0) is 16.1 Å². The van der Waals surface area contributed by atoms with E-state index in [-0.39, 0.29) is 24.7 Å². The van der Waals surface area contributed by atoms with E-state index in [9.17, 15) is 14.3 Å². The van der Waals surface area contributed by atoms with Crippen LogP contribution < -0.4 is 15.4 Å². The van der Waals surface area contributed by atoms with Crippen LogP contribution in [0.4, 0.5) is 26.0 Å². The van der Waals surface area contributed by atoms with E-state index in [1.54, 1.807) is 18.2 Å². The highest BCUT2D eigenvalue weighted by Gasteiger charge is 2.24. The Morgan fingerprint density at radius 3 is 2.79 bits per heavy atom. The first-order chi connectivity index (χ1) is 20.4. The number of aliphatic hydroxyl groups excluding tert-OH is 1. The number of nitrogens with two attached hydrogens (primary N) is 1. The molecule has 0 atom stereocenters. The van der Waals surface area contributed by atoms with Gasteiger partial charge in [-0.3, -0.25) is 19.3 Å². The average molecular weight is 582 g/mol. The second kappa shape index (κ2) is 13.6. The average Bonchev–Trinajstić information content (AvgIpc) is 3.44. The molecule has 2 aromatic carbocycles. The molecule has 0 bridgehead atoms. The standard InChI is InChI=1S/C29H33F2N7O4/c30-24-3-1-4-26(28(24)31)38(21-16-35-37(17-21)18-27(32)40)29-23-6-5-22(15-25(23)33-19-34-29)42-12-2-9-36(10-11-39)20-7-13-41-14-8-20/h1,3-6,15-17,19-20,39H,2,7-14,18H2,(H2,32,40). The molecule has 0 saturated carbocycles. The number of fused-ring (bicyclic) bond motifs is 1. The predicted octanol–water partition coefficient (Wildman–Crippen LogP) is 3.30. The molecule has 1 fully saturated rings. The molecule has 222 valence electrons. The monoisotopic (exact) mass is 581 g/mol. The zero-order valence-electron chi connectivity index (χ0n) is 23.0. The van der Waals surface area contributed by atoms with Crippen LogP contribution in [0.2, 0.25) is 0 Å². The number of benzene rings is 2. The van der Waals surface area contributed by atoms with Crippen LogP contribution in [0.1, 0.15) is 19.3 Å². The summed E-state index contributed by atoms with van der Waals surface area (Å²) in [5.41, 5.74) is 6.09. The molecule has 1 amide bonds. The summed E-state index contributed by atoms with van der Waals surface area (Å²) in [6, 6.07) is 9.55. The highest BCUT2D eigenvalue weighted by molar-refractivity contribution is 5.95. The summed E-state index contributed by atoms with van der Waals surface area (Å²) in [7, 11) is 0. The van der Waals surface area contributed by atoms with E-state index in [2.05, 4.69) is 20.0 Å². The second-order valence-corrected chi connectivity index (χ2v) is 9.95. The number of hydrogen-bond acceptors (Lipinski definition) is 9. The van der Waals surface area contributed by atoms with Gasteiger partial charge in [0.2, 0.25) is 5.91 Å². The van der Waals surface area contributed by atoms with E-state index in [0.717, 1.165) is 45.1 Å². The minimum atomic E-state index is -1.07.